The first-order valence-electron chi connectivity index (χ1n) is 7.10. The first kappa shape index (κ1) is 14.7. The predicted molar refractivity (Wildman–Crippen MR) is 81.6 cm³/mol. The number of fused-ring (bicyclic) bond motifs is 2. The van der Waals surface area contributed by atoms with E-state index < -0.39 is 11.9 Å². The summed E-state index contributed by atoms with van der Waals surface area (Å²) in [7, 11) is 0. The molecule has 0 atom stereocenters. The summed E-state index contributed by atoms with van der Waals surface area (Å²) in [5, 5.41) is 17.7. The van der Waals surface area contributed by atoms with Gasteiger partial charge in [0.1, 0.15) is 11.3 Å². The molecule has 0 saturated carbocycles. The lowest BCUT2D eigenvalue weighted by Gasteiger charge is -2.10. The standard InChI is InChI=1S/C16H11F3N4O/c17-16(18,19)14-4-1-9-5-12(8-24)23(15(9)21-14)11-2-3-13-10(6-11)7-20-22-13/h1-7,24H,8H2,(H,20,22). The molecule has 0 fully saturated rings. The fourth-order valence-corrected chi connectivity index (χ4v) is 2.76. The molecule has 0 aliphatic heterocycles. The summed E-state index contributed by atoms with van der Waals surface area (Å²) < 4.78 is 40.4. The van der Waals surface area contributed by atoms with Crippen molar-refractivity contribution in [2.45, 2.75) is 12.8 Å². The Balaban J connectivity index is 2.00. The van der Waals surface area contributed by atoms with E-state index in [9.17, 15) is 18.3 Å². The second-order valence-corrected chi connectivity index (χ2v) is 5.38. The number of rotatable bonds is 2. The Morgan fingerprint density at radius 3 is 2.67 bits per heavy atom. The largest absolute Gasteiger partial charge is 0.433 e. The molecule has 0 unspecified atom stereocenters. The van der Waals surface area contributed by atoms with E-state index in [0.717, 1.165) is 17.0 Å². The number of nitrogens with zero attached hydrogens (tertiary/aromatic N) is 3. The van der Waals surface area contributed by atoms with Gasteiger partial charge in [-0.05, 0) is 36.4 Å². The molecule has 0 aliphatic rings. The number of aliphatic hydroxyl groups is 1. The van der Waals surface area contributed by atoms with Crippen LogP contribution in [0, 0.1) is 0 Å². The second kappa shape index (κ2) is 5.07. The number of aromatic nitrogens is 4. The van der Waals surface area contributed by atoms with Crippen molar-refractivity contribution >= 4 is 21.9 Å². The van der Waals surface area contributed by atoms with Crippen LogP contribution in [0.4, 0.5) is 13.2 Å². The molecule has 0 bridgehead atoms. The van der Waals surface area contributed by atoms with Gasteiger partial charge in [-0.3, -0.25) is 9.67 Å². The molecule has 8 heteroatoms. The van der Waals surface area contributed by atoms with Crippen LogP contribution in [0.1, 0.15) is 11.4 Å². The normalized spacial score (nSPS) is 12.3. The minimum atomic E-state index is -4.53. The third kappa shape index (κ3) is 2.23. The van der Waals surface area contributed by atoms with Gasteiger partial charge in [0.05, 0.1) is 24.0 Å². The number of benzene rings is 1. The van der Waals surface area contributed by atoms with Crippen molar-refractivity contribution in [3.8, 4) is 5.69 Å². The highest BCUT2D eigenvalue weighted by atomic mass is 19.4. The van der Waals surface area contributed by atoms with Crippen LogP contribution < -0.4 is 0 Å². The van der Waals surface area contributed by atoms with E-state index in [1.807, 2.05) is 0 Å². The summed E-state index contributed by atoms with van der Waals surface area (Å²) in [5.41, 5.74) is 1.05. The molecule has 3 aromatic heterocycles. The number of pyridine rings is 1. The predicted octanol–water partition coefficient (Wildman–Crippen LogP) is 3.41. The third-order valence-corrected chi connectivity index (χ3v) is 3.86. The maximum absolute atomic E-state index is 13.0. The summed E-state index contributed by atoms with van der Waals surface area (Å²) in [5.74, 6) is 0. The Bertz CT molecular complexity index is 1050. The van der Waals surface area contributed by atoms with Crippen LogP contribution in [0.15, 0.2) is 42.6 Å². The van der Waals surface area contributed by atoms with Crippen molar-refractivity contribution in [2.75, 3.05) is 0 Å². The Kier molecular flexibility index (Phi) is 3.10. The number of H-pyrrole nitrogens is 1. The molecular formula is C16H11F3N4O. The van der Waals surface area contributed by atoms with Crippen molar-refractivity contribution in [3.63, 3.8) is 0 Å². The molecule has 2 N–H and O–H groups in total. The summed E-state index contributed by atoms with van der Waals surface area (Å²) >= 11 is 0. The maximum Gasteiger partial charge on any atom is 0.433 e. The molecule has 0 aliphatic carbocycles. The van der Waals surface area contributed by atoms with Gasteiger partial charge in [0.15, 0.2) is 0 Å². The molecule has 0 radical (unpaired) electrons. The van der Waals surface area contributed by atoms with E-state index in [1.165, 1.54) is 10.6 Å². The van der Waals surface area contributed by atoms with Gasteiger partial charge >= 0.3 is 6.18 Å². The van der Waals surface area contributed by atoms with Crippen molar-refractivity contribution in [3.05, 3.63) is 54.0 Å². The molecule has 4 rings (SSSR count). The van der Waals surface area contributed by atoms with Gasteiger partial charge in [-0.25, -0.2) is 4.98 Å². The topological polar surface area (TPSA) is 66.7 Å². The number of halogens is 3. The number of hydrogen-bond acceptors (Lipinski definition) is 3. The molecule has 24 heavy (non-hydrogen) atoms. The number of aliphatic hydroxyl groups excluding tert-OH is 1. The van der Waals surface area contributed by atoms with Gasteiger partial charge < -0.3 is 5.11 Å². The van der Waals surface area contributed by atoms with E-state index in [0.29, 0.717) is 16.8 Å². The highest BCUT2D eigenvalue weighted by molar-refractivity contribution is 5.84. The number of alkyl halides is 3. The molecule has 1 aromatic carbocycles. The van der Waals surface area contributed by atoms with Crippen molar-refractivity contribution in [1.82, 2.24) is 19.7 Å². The van der Waals surface area contributed by atoms with E-state index in [-0.39, 0.29) is 12.3 Å². The van der Waals surface area contributed by atoms with E-state index in [4.69, 9.17) is 0 Å². The van der Waals surface area contributed by atoms with E-state index in [1.54, 1.807) is 30.5 Å². The van der Waals surface area contributed by atoms with Gasteiger partial charge in [0.25, 0.3) is 0 Å². The molecule has 122 valence electrons. The van der Waals surface area contributed by atoms with Crippen LogP contribution >= 0.6 is 0 Å². The van der Waals surface area contributed by atoms with Crippen LogP contribution in [-0.2, 0) is 12.8 Å². The summed E-state index contributed by atoms with van der Waals surface area (Å²) in [6, 6.07) is 9.21. The third-order valence-electron chi connectivity index (χ3n) is 3.86. The van der Waals surface area contributed by atoms with Gasteiger partial charge in [0, 0.05) is 16.5 Å². The SMILES string of the molecule is OCc1cc2ccc(C(F)(F)F)nc2n1-c1ccc2[nH]ncc2c1. The zero-order chi connectivity index (χ0) is 16.9. The van der Waals surface area contributed by atoms with Crippen molar-refractivity contribution in [1.29, 1.82) is 0 Å². The lowest BCUT2D eigenvalue weighted by Crippen LogP contribution is -2.09. The Labute approximate surface area is 133 Å². The lowest BCUT2D eigenvalue weighted by atomic mass is 10.2. The number of aromatic amines is 1. The van der Waals surface area contributed by atoms with Crippen molar-refractivity contribution in [2.24, 2.45) is 0 Å². The fourth-order valence-electron chi connectivity index (χ4n) is 2.76. The smallest absolute Gasteiger partial charge is 0.390 e. The van der Waals surface area contributed by atoms with Crippen LogP contribution in [0.2, 0.25) is 0 Å². The van der Waals surface area contributed by atoms with Gasteiger partial charge in [-0.15, -0.1) is 0 Å². The number of hydrogen-bond donors (Lipinski definition) is 2. The lowest BCUT2D eigenvalue weighted by molar-refractivity contribution is -0.141. The summed E-state index contributed by atoms with van der Waals surface area (Å²) in [6.45, 7) is -0.318. The second-order valence-electron chi connectivity index (χ2n) is 5.38. The molecule has 5 nitrogen and oxygen atoms in total. The molecule has 0 amide bonds. The first-order valence-corrected chi connectivity index (χ1v) is 7.10. The average molecular weight is 332 g/mol. The Morgan fingerprint density at radius 1 is 1.08 bits per heavy atom. The molecule has 3 heterocycles. The monoisotopic (exact) mass is 332 g/mol. The highest BCUT2D eigenvalue weighted by Crippen LogP contribution is 2.31. The Morgan fingerprint density at radius 2 is 1.92 bits per heavy atom. The van der Waals surface area contributed by atoms with Crippen LogP contribution in [0.3, 0.4) is 0 Å². The fraction of sp³-hybridized carbons (Fsp3) is 0.125. The van der Waals surface area contributed by atoms with Crippen LogP contribution in [-0.4, -0.2) is 24.9 Å². The van der Waals surface area contributed by atoms with Gasteiger partial charge in [-0.2, -0.15) is 18.3 Å². The van der Waals surface area contributed by atoms with Gasteiger partial charge in [0.2, 0.25) is 0 Å². The van der Waals surface area contributed by atoms with Gasteiger partial charge in [-0.1, -0.05) is 0 Å². The van der Waals surface area contributed by atoms with Crippen LogP contribution in [0.25, 0.3) is 27.6 Å². The van der Waals surface area contributed by atoms with Crippen molar-refractivity contribution < 1.29 is 18.3 Å². The van der Waals surface area contributed by atoms with E-state index >= 15 is 0 Å². The molecule has 0 saturated heterocycles. The molecule has 4 aromatic rings. The van der Waals surface area contributed by atoms with Crippen LogP contribution in [0.5, 0.6) is 0 Å². The zero-order valence-electron chi connectivity index (χ0n) is 12.2. The average Bonchev–Trinajstić information content (AvgIpc) is 3.16. The molecular weight excluding hydrogens is 321 g/mol. The van der Waals surface area contributed by atoms with E-state index in [2.05, 4.69) is 15.2 Å². The molecule has 0 spiro atoms. The summed E-state index contributed by atoms with van der Waals surface area (Å²) in [4.78, 5) is 3.76. The minimum absolute atomic E-state index is 0.150. The Hall–Kier alpha value is -2.87. The summed E-state index contributed by atoms with van der Waals surface area (Å²) in [6.07, 6.45) is -2.91. The maximum atomic E-state index is 13.0. The minimum Gasteiger partial charge on any atom is -0.390 e. The first-order chi connectivity index (χ1) is 11.5. The highest BCUT2D eigenvalue weighted by Gasteiger charge is 2.33. The number of nitrogens with one attached hydrogen (secondary N) is 1. The zero-order valence-corrected chi connectivity index (χ0v) is 12.2. The quantitative estimate of drug-likeness (QED) is 0.591.